The molecule has 4 rings (SSSR count). The molecule has 0 spiro atoms. The lowest BCUT2D eigenvalue weighted by molar-refractivity contribution is -0.110. The van der Waals surface area contributed by atoms with E-state index in [0.717, 1.165) is 42.8 Å². The maximum atomic E-state index is 12.8. The fourth-order valence-electron chi connectivity index (χ4n) is 3.92. The molecule has 2 heterocycles. The van der Waals surface area contributed by atoms with E-state index in [0.29, 0.717) is 28.7 Å². The Hall–Kier alpha value is -4.02. The molecule has 166 valence electrons. The Morgan fingerprint density at radius 1 is 1.15 bits per heavy atom. The Kier molecular flexibility index (Phi) is 6.77. The number of amides is 1. The molecule has 3 aromatic rings. The van der Waals surface area contributed by atoms with Crippen LogP contribution in [0.1, 0.15) is 40.2 Å². The van der Waals surface area contributed by atoms with Gasteiger partial charge in [-0.3, -0.25) is 10.2 Å². The number of nitriles is 1. The van der Waals surface area contributed by atoms with Gasteiger partial charge in [0, 0.05) is 36.3 Å². The van der Waals surface area contributed by atoms with Crippen LogP contribution in [0, 0.1) is 11.3 Å². The molecule has 4 N–H and O–H groups in total. The summed E-state index contributed by atoms with van der Waals surface area (Å²) in [6.07, 6.45) is 7.31. The summed E-state index contributed by atoms with van der Waals surface area (Å²) in [6.45, 7) is 1.55. The van der Waals surface area contributed by atoms with Crippen molar-refractivity contribution in [2.75, 3.05) is 20.1 Å². The molecule has 0 radical (unpaired) electrons. The van der Waals surface area contributed by atoms with Crippen molar-refractivity contribution in [3.63, 3.8) is 0 Å². The van der Waals surface area contributed by atoms with Crippen LogP contribution in [0.4, 0.5) is 0 Å². The molecule has 1 fully saturated rings. The van der Waals surface area contributed by atoms with Crippen LogP contribution < -0.4 is 10.7 Å². The van der Waals surface area contributed by atoms with Crippen LogP contribution >= 0.6 is 0 Å². The Morgan fingerprint density at radius 2 is 1.82 bits per heavy atom. The van der Waals surface area contributed by atoms with Gasteiger partial charge in [0.05, 0.1) is 23.5 Å². The summed E-state index contributed by atoms with van der Waals surface area (Å²) in [7, 11) is 1.97. The predicted molar refractivity (Wildman–Crippen MR) is 128 cm³/mol. The molecule has 7 nitrogen and oxygen atoms in total. The molecule has 1 aromatic heterocycles. The van der Waals surface area contributed by atoms with Crippen LogP contribution in [0.25, 0.3) is 17.3 Å². The summed E-state index contributed by atoms with van der Waals surface area (Å²) < 4.78 is 0. The molecule has 7 heteroatoms. The molecule has 0 aliphatic carbocycles. The van der Waals surface area contributed by atoms with Gasteiger partial charge < -0.3 is 15.2 Å². The first kappa shape index (κ1) is 22.2. The smallest absolute Gasteiger partial charge is 0.253 e. The number of likely N-dealkylation sites (tertiary alicyclic amines) is 1. The van der Waals surface area contributed by atoms with Crippen LogP contribution in [0.2, 0.25) is 0 Å². The molecule has 0 unspecified atom stereocenters. The van der Waals surface area contributed by atoms with E-state index in [1.54, 1.807) is 24.4 Å². The largest absolute Gasteiger partial charge is 0.339 e. The lowest BCUT2D eigenvalue weighted by atomic mass is 10.0. The highest BCUT2D eigenvalue weighted by Crippen LogP contribution is 2.18. The quantitative estimate of drug-likeness (QED) is 0.511. The van der Waals surface area contributed by atoms with E-state index in [2.05, 4.69) is 21.4 Å². The third-order valence-corrected chi connectivity index (χ3v) is 6.00. The fraction of sp³-hybridized carbons (Fsp3) is 0.231. The summed E-state index contributed by atoms with van der Waals surface area (Å²) >= 11 is 0. The van der Waals surface area contributed by atoms with E-state index in [-0.39, 0.29) is 5.91 Å². The van der Waals surface area contributed by atoms with Crippen molar-refractivity contribution in [3.05, 3.63) is 83.3 Å². The first-order valence-electron chi connectivity index (χ1n) is 11.0. The predicted octanol–water partition coefficient (Wildman–Crippen LogP) is 2.03. The SMILES string of the molecule is CNC1CCN(C(=O)c2ccc(C(=[NH2+])/C=C\c3ncc(-c4ccc(C#N)cc4)[nH]3)cc2)CC1. The molecule has 0 atom stereocenters. The first-order valence-corrected chi connectivity index (χ1v) is 11.0. The van der Waals surface area contributed by atoms with Gasteiger partial charge >= 0.3 is 0 Å². The van der Waals surface area contributed by atoms with Crippen LogP contribution in [-0.2, 0) is 0 Å². The van der Waals surface area contributed by atoms with E-state index in [9.17, 15) is 4.79 Å². The topological polar surface area (TPSA) is 110 Å². The number of nitrogens with zero attached hydrogens (tertiary/aromatic N) is 3. The molecule has 0 saturated carbocycles. The third-order valence-electron chi connectivity index (χ3n) is 6.00. The first-order chi connectivity index (χ1) is 16.1. The average molecular weight is 440 g/mol. The van der Waals surface area contributed by atoms with Gasteiger partial charge in [0.15, 0.2) is 0 Å². The number of hydrogen-bond donors (Lipinski definition) is 3. The van der Waals surface area contributed by atoms with Crippen LogP contribution in [0.5, 0.6) is 0 Å². The Labute approximate surface area is 193 Å². The van der Waals surface area contributed by atoms with E-state index in [1.807, 2.05) is 54.4 Å². The average Bonchev–Trinajstić information content (AvgIpc) is 3.36. The maximum absolute atomic E-state index is 12.8. The van der Waals surface area contributed by atoms with Gasteiger partial charge in [0.2, 0.25) is 5.71 Å². The summed E-state index contributed by atoms with van der Waals surface area (Å²) in [6, 6.07) is 17.3. The van der Waals surface area contributed by atoms with Gasteiger partial charge in [0.1, 0.15) is 5.82 Å². The van der Waals surface area contributed by atoms with E-state index in [1.165, 1.54) is 0 Å². The number of carbonyl (C=O) groups excluding carboxylic acids is 1. The molecule has 1 saturated heterocycles. The van der Waals surface area contributed by atoms with Crippen molar-refractivity contribution in [2.45, 2.75) is 18.9 Å². The second-order valence-electron chi connectivity index (χ2n) is 8.09. The molecule has 1 aliphatic heterocycles. The fourth-order valence-corrected chi connectivity index (χ4v) is 3.92. The zero-order valence-electron chi connectivity index (χ0n) is 18.6. The van der Waals surface area contributed by atoms with Crippen molar-refractivity contribution >= 4 is 17.7 Å². The Balaban J connectivity index is 1.37. The highest BCUT2D eigenvalue weighted by molar-refractivity contribution is 6.07. The number of aromatic nitrogens is 2. The zero-order chi connectivity index (χ0) is 23.2. The summed E-state index contributed by atoms with van der Waals surface area (Å²) in [4.78, 5) is 22.3. The minimum absolute atomic E-state index is 0.0659. The van der Waals surface area contributed by atoms with Gasteiger partial charge in [-0.1, -0.05) is 12.1 Å². The van der Waals surface area contributed by atoms with Gasteiger partial charge in [-0.25, -0.2) is 4.98 Å². The van der Waals surface area contributed by atoms with Crippen LogP contribution in [-0.4, -0.2) is 52.7 Å². The number of imidazole rings is 1. The highest BCUT2D eigenvalue weighted by atomic mass is 16.2. The number of piperidine rings is 1. The zero-order valence-corrected chi connectivity index (χ0v) is 18.6. The van der Waals surface area contributed by atoms with Gasteiger partial charge in [0.25, 0.3) is 5.91 Å². The van der Waals surface area contributed by atoms with Crippen molar-refractivity contribution < 1.29 is 10.2 Å². The number of hydrogen-bond acceptors (Lipinski definition) is 4. The van der Waals surface area contributed by atoms with E-state index in [4.69, 9.17) is 10.7 Å². The van der Waals surface area contributed by atoms with Crippen molar-refractivity contribution in [2.24, 2.45) is 0 Å². The Bertz CT molecular complexity index is 1190. The molecule has 1 aliphatic rings. The molecule has 33 heavy (non-hydrogen) atoms. The lowest BCUT2D eigenvalue weighted by Gasteiger charge is -2.31. The summed E-state index contributed by atoms with van der Waals surface area (Å²) in [5.41, 5.74) is 4.53. The number of rotatable bonds is 6. The summed E-state index contributed by atoms with van der Waals surface area (Å²) in [5.74, 6) is 0.741. The van der Waals surface area contributed by atoms with Gasteiger partial charge in [-0.15, -0.1) is 0 Å². The minimum atomic E-state index is 0.0659. The molecular weight excluding hydrogens is 412 g/mol. The number of nitrogens with one attached hydrogen (secondary N) is 2. The van der Waals surface area contributed by atoms with Crippen molar-refractivity contribution in [1.82, 2.24) is 20.2 Å². The molecule has 2 aromatic carbocycles. The molecule has 0 bridgehead atoms. The highest BCUT2D eigenvalue weighted by Gasteiger charge is 2.22. The van der Waals surface area contributed by atoms with Crippen molar-refractivity contribution in [3.8, 4) is 17.3 Å². The number of benzene rings is 2. The minimum Gasteiger partial charge on any atom is -0.339 e. The standard InChI is InChI=1S/C26H26N6O/c1-29-22-12-14-32(15-13-22)26(33)21-8-6-19(7-9-21)23(28)10-11-25-30-17-24(31-25)20-4-2-18(16-27)3-5-20/h2-11,17,22,28-29H,12-15H2,1H3,(H,30,31)/p+1/b11-10-,28-23?. The van der Waals surface area contributed by atoms with Crippen molar-refractivity contribution in [1.29, 1.82) is 5.26 Å². The lowest BCUT2D eigenvalue weighted by Crippen LogP contribution is -2.44. The molecule has 1 amide bonds. The van der Waals surface area contributed by atoms with E-state index >= 15 is 0 Å². The summed E-state index contributed by atoms with van der Waals surface area (Å²) in [5, 5.41) is 18.5. The Morgan fingerprint density at radius 3 is 2.45 bits per heavy atom. The number of carbonyl (C=O) groups is 1. The third kappa shape index (κ3) is 5.25. The van der Waals surface area contributed by atoms with E-state index < -0.39 is 0 Å². The number of H-pyrrole nitrogens is 1. The normalized spacial score (nSPS) is 14.4. The van der Waals surface area contributed by atoms with Crippen LogP contribution in [0.3, 0.4) is 0 Å². The number of allylic oxidation sites excluding steroid dienone is 1. The maximum Gasteiger partial charge on any atom is 0.253 e. The van der Waals surface area contributed by atoms with Gasteiger partial charge in [-0.05, 0) is 67.9 Å². The number of aromatic amines is 1. The molecular formula is C26H27N6O+. The second-order valence-corrected chi connectivity index (χ2v) is 8.09. The van der Waals surface area contributed by atoms with Crippen LogP contribution in [0.15, 0.2) is 60.8 Å². The number of nitrogens with two attached hydrogens (primary N) is 1. The monoisotopic (exact) mass is 439 g/mol. The second kappa shape index (κ2) is 10.1. The van der Waals surface area contributed by atoms with Gasteiger partial charge in [-0.2, -0.15) is 5.26 Å².